The summed E-state index contributed by atoms with van der Waals surface area (Å²) in [5.74, 6) is -0.0679. The van der Waals surface area contributed by atoms with Gasteiger partial charge in [0.2, 0.25) is 5.91 Å². The minimum Gasteiger partial charge on any atom is -0.347 e. The predicted octanol–water partition coefficient (Wildman–Crippen LogP) is 4.55. The largest absolute Gasteiger partial charge is 0.347 e. The van der Waals surface area contributed by atoms with Crippen LogP contribution in [0.1, 0.15) is 44.9 Å². The van der Waals surface area contributed by atoms with Crippen LogP contribution in [0, 0.1) is 5.92 Å². The lowest BCUT2D eigenvalue weighted by Gasteiger charge is -2.24. The van der Waals surface area contributed by atoms with E-state index in [9.17, 15) is 14.4 Å². The quantitative estimate of drug-likeness (QED) is 0.315. The smallest absolute Gasteiger partial charge is 0.256 e. The number of hydrogen-bond donors (Lipinski definition) is 4. The van der Waals surface area contributed by atoms with Gasteiger partial charge in [-0.3, -0.25) is 19.5 Å². The van der Waals surface area contributed by atoms with Crippen molar-refractivity contribution in [3.05, 3.63) is 76.0 Å². The minimum atomic E-state index is -0.335. The summed E-state index contributed by atoms with van der Waals surface area (Å²) in [6.07, 6.45) is 2.96. The van der Waals surface area contributed by atoms with Crippen molar-refractivity contribution in [2.45, 2.75) is 25.8 Å². The van der Waals surface area contributed by atoms with E-state index in [1.807, 2.05) is 17.5 Å². The predicted molar refractivity (Wildman–Crippen MR) is 132 cm³/mol. The molecular weight excluding hydrogens is 450 g/mol. The third kappa shape index (κ3) is 4.69. The van der Waals surface area contributed by atoms with Gasteiger partial charge < -0.3 is 16.0 Å². The highest BCUT2D eigenvalue weighted by Crippen LogP contribution is 2.28. The summed E-state index contributed by atoms with van der Waals surface area (Å²) in [4.78, 5) is 38.5. The first-order valence-electron chi connectivity index (χ1n) is 11.1. The summed E-state index contributed by atoms with van der Waals surface area (Å²) >= 11 is 1.58. The molecule has 4 aromatic rings. The third-order valence-corrected chi connectivity index (χ3v) is 6.83. The molecule has 9 heteroatoms. The lowest BCUT2D eigenvalue weighted by Crippen LogP contribution is -2.28. The number of hydrogen-bond acceptors (Lipinski definition) is 5. The second-order valence-electron chi connectivity index (χ2n) is 8.24. The molecule has 0 bridgehead atoms. The van der Waals surface area contributed by atoms with Gasteiger partial charge in [0.1, 0.15) is 0 Å². The Bertz CT molecular complexity index is 1340. The number of thiophene rings is 1. The van der Waals surface area contributed by atoms with Crippen LogP contribution in [-0.2, 0) is 11.3 Å². The van der Waals surface area contributed by atoms with E-state index < -0.39 is 0 Å². The first kappa shape index (κ1) is 21.8. The van der Waals surface area contributed by atoms with Gasteiger partial charge in [-0.25, -0.2) is 0 Å². The summed E-state index contributed by atoms with van der Waals surface area (Å²) in [5.41, 5.74) is 2.28. The highest BCUT2D eigenvalue weighted by atomic mass is 32.1. The Balaban J connectivity index is 1.25. The number of aromatic nitrogens is 2. The average Bonchev–Trinajstić information content (AvgIpc) is 3.46. The fourth-order valence-electron chi connectivity index (χ4n) is 3.73. The second kappa shape index (κ2) is 9.48. The van der Waals surface area contributed by atoms with Crippen LogP contribution in [0.4, 0.5) is 11.5 Å². The Morgan fingerprint density at radius 2 is 1.76 bits per heavy atom. The van der Waals surface area contributed by atoms with Crippen molar-refractivity contribution in [3.63, 3.8) is 0 Å². The molecule has 172 valence electrons. The Morgan fingerprint density at radius 3 is 2.47 bits per heavy atom. The maximum absolute atomic E-state index is 12.8. The van der Waals surface area contributed by atoms with Crippen molar-refractivity contribution >= 4 is 51.5 Å². The van der Waals surface area contributed by atoms with Crippen LogP contribution < -0.4 is 16.0 Å². The topological polar surface area (TPSA) is 116 Å². The normalized spacial score (nSPS) is 13.3. The summed E-state index contributed by atoms with van der Waals surface area (Å²) in [6.45, 7) is 0.459. The number of anilines is 2. The van der Waals surface area contributed by atoms with Gasteiger partial charge in [-0.2, -0.15) is 5.10 Å². The fourth-order valence-corrected chi connectivity index (χ4v) is 4.38. The highest BCUT2D eigenvalue weighted by Gasteiger charge is 2.25. The molecule has 3 amide bonds. The molecule has 2 aromatic heterocycles. The summed E-state index contributed by atoms with van der Waals surface area (Å²) in [7, 11) is 0. The van der Waals surface area contributed by atoms with Crippen molar-refractivity contribution in [1.82, 2.24) is 15.5 Å². The molecule has 0 spiro atoms. The summed E-state index contributed by atoms with van der Waals surface area (Å²) in [6, 6.07) is 15.8. The van der Waals surface area contributed by atoms with Gasteiger partial charge >= 0.3 is 0 Å². The van der Waals surface area contributed by atoms with E-state index in [2.05, 4.69) is 26.1 Å². The molecule has 1 aliphatic rings. The zero-order chi connectivity index (χ0) is 23.5. The number of aromatic amines is 1. The number of nitrogens with zero attached hydrogens (tertiary/aromatic N) is 1. The molecule has 1 aliphatic carbocycles. The number of amides is 3. The van der Waals surface area contributed by atoms with Gasteiger partial charge in [-0.1, -0.05) is 12.5 Å². The average molecular weight is 474 g/mol. The van der Waals surface area contributed by atoms with Gasteiger partial charge in [0.25, 0.3) is 11.8 Å². The van der Waals surface area contributed by atoms with Crippen LogP contribution in [0.25, 0.3) is 10.9 Å². The van der Waals surface area contributed by atoms with Gasteiger partial charge in [0.15, 0.2) is 5.82 Å². The highest BCUT2D eigenvalue weighted by molar-refractivity contribution is 7.09. The van der Waals surface area contributed by atoms with E-state index in [4.69, 9.17) is 0 Å². The first-order valence-corrected chi connectivity index (χ1v) is 12.0. The molecule has 2 heterocycles. The van der Waals surface area contributed by atoms with Crippen LogP contribution in [0.3, 0.4) is 0 Å². The molecule has 0 aliphatic heterocycles. The van der Waals surface area contributed by atoms with E-state index >= 15 is 0 Å². The lowest BCUT2D eigenvalue weighted by molar-refractivity contribution is -0.122. The molecule has 0 unspecified atom stereocenters. The Hall–Kier alpha value is -3.98. The zero-order valence-corrected chi connectivity index (χ0v) is 19.1. The molecule has 2 aromatic carbocycles. The number of rotatable bonds is 7. The third-order valence-electron chi connectivity index (χ3n) is 5.95. The van der Waals surface area contributed by atoms with Crippen LogP contribution in [0.15, 0.2) is 60.0 Å². The summed E-state index contributed by atoms with van der Waals surface area (Å²) in [5, 5.41) is 18.3. The standard InChI is InChI=1S/C25H23N5O3S/c31-23(26-14-19-5-2-12-34-19)17-8-11-21-20(13-17)22(30-29-21)28-25(33)16-6-9-18(10-7-16)27-24(32)15-3-1-4-15/h2,5-13,15H,1,3-4,14H2,(H,26,31)(H,27,32)(H2,28,29,30,33). The second-order valence-corrected chi connectivity index (χ2v) is 9.28. The van der Waals surface area contributed by atoms with E-state index in [-0.39, 0.29) is 23.6 Å². The Morgan fingerprint density at radius 1 is 0.971 bits per heavy atom. The number of fused-ring (bicyclic) bond motifs is 1. The molecule has 0 atom stereocenters. The number of H-pyrrole nitrogens is 1. The van der Waals surface area contributed by atoms with Gasteiger partial charge in [0.05, 0.1) is 12.1 Å². The monoisotopic (exact) mass is 473 g/mol. The van der Waals surface area contributed by atoms with E-state index in [0.29, 0.717) is 40.1 Å². The molecular formula is C25H23N5O3S. The van der Waals surface area contributed by atoms with E-state index in [1.54, 1.807) is 53.8 Å². The molecule has 1 fully saturated rings. The van der Waals surface area contributed by atoms with Gasteiger partial charge in [-0.15, -0.1) is 11.3 Å². The molecule has 0 radical (unpaired) electrons. The molecule has 5 rings (SSSR count). The van der Waals surface area contributed by atoms with Crippen molar-refractivity contribution < 1.29 is 14.4 Å². The number of carbonyl (C=O) groups excluding carboxylic acids is 3. The van der Waals surface area contributed by atoms with E-state index in [0.717, 1.165) is 24.1 Å². The number of benzene rings is 2. The minimum absolute atomic E-state index is 0.0293. The van der Waals surface area contributed by atoms with Gasteiger partial charge in [-0.05, 0) is 66.8 Å². The van der Waals surface area contributed by atoms with Crippen LogP contribution in [-0.4, -0.2) is 27.9 Å². The van der Waals surface area contributed by atoms with Crippen molar-refractivity contribution in [2.24, 2.45) is 5.92 Å². The molecule has 34 heavy (non-hydrogen) atoms. The SMILES string of the molecule is O=C(NCc1cccs1)c1ccc2[nH]nc(NC(=O)c3ccc(NC(=O)C4CCC4)cc3)c2c1. The first-order chi connectivity index (χ1) is 16.6. The maximum atomic E-state index is 12.8. The lowest BCUT2D eigenvalue weighted by atomic mass is 9.85. The van der Waals surface area contributed by atoms with Crippen LogP contribution in [0.5, 0.6) is 0 Å². The van der Waals surface area contributed by atoms with Crippen LogP contribution in [0.2, 0.25) is 0 Å². The molecule has 0 saturated heterocycles. The summed E-state index contributed by atoms with van der Waals surface area (Å²) < 4.78 is 0. The van der Waals surface area contributed by atoms with Gasteiger partial charge in [0, 0.05) is 33.0 Å². The maximum Gasteiger partial charge on any atom is 0.256 e. The fraction of sp³-hybridized carbons (Fsp3) is 0.200. The van der Waals surface area contributed by atoms with Crippen molar-refractivity contribution in [2.75, 3.05) is 10.6 Å². The molecule has 4 N–H and O–H groups in total. The Labute approximate surface area is 199 Å². The number of carbonyl (C=O) groups is 3. The van der Waals surface area contributed by atoms with Crippen molar-refractivity contribution in [1.29, 1.82) is 0 Å². The Kier molecular flexibility index (Phi) is 6.09. The molecule has 1 saturated carbocycles. The van der Waals surface area contributed by atoms with Crippen molar-refractivity contribution in [3.8, 4) is 0 Å². The number of nitrogens with one attached hydrogen (secondary N) is 4. The van der Waals surface area contributed by atoms with Crippen LogP contribution >= 0.6 is 11.3 Å². The molecule has 8 nitrogen and oxygen atoms in total. The zero-order valence-electron chi connectivity index (χ0n) is 18.3. The van der Waals surface area contributed by atoms with E-state index in [1.165, 1.54) is 0 Å².